The summed E-state index contributed by atoms with van der Waals surface area (Å²) in [7, 11) is 1.51. The van der Waals surface area contributed by atoms with Crippen LogP contribution in [0.4, 0.5) is 0 Å². The minimum absolute atomic E-state index is 0.0256. The molecule has 0 unspecified atom stereocenters. The van der Waals surface area contributed by atoms with Crippen LogP contribution in [-0.4, -0.2) is 18.8 Å². The van der Waals surface area contributed by atoms with Gasteiger partial charge in [-0.05, 0) is 37.0 Å². The zero-order chi connectivity index (χ0) is 12.6. The molecule has 3 N–H and O–H groups in total. The Labute approximate surface area is 107 Å². The lowest BCUT2D eigenvalue weighted by atomic mass is 9.63. The van der Waals surface area contributed by atoms with Crippen LogP contribution in [0.5, 0.6) is 11.5 Å². The average Bonchev–Trinajstić information content (AvgIpc) is 2.21. The number of aromatic hydroxyl groups is 1. The molecular weight excluding hydrogens is 238 g/mol. The van der Waals surface area contributed by atoms with E-state index in [-0.39, 0.29) is 11.2 Å². The third-order valence-corrected chi connectivity index (χ3v) is 4.20. The normalized spacial score (nSPS) is 17.6. The lowest BCUT2D eigenvalue weighted by Crippen LogP contribution is -2.42. The summed E-state index contributed by atoms with van der Waals surface area (Å²) in [4.78, 5) is 0. The van der Waals surface area contributed by atoms with Gasteiger partial charge in [-0.3, -0.25) is 0 Å². The van der Waals surface area contributed by atoms with Gasteiger partial charge in [0.2, 0.25) is 0 Å². The Morgan fingerprint density at radius 2 is 2.18 bits per heavy atom. The van der Waals surface area contributed by atoms with Gasteiger partial charge < -0.3 is 15.6 Å². The predicted octanol–water partition coefficient (Wildman–Crippen LogP) is 2.74. The van der Waals surface area contributed by atoms with Crippen LogP contribution in [0.15, 0.2) is 6.07 Å². The van der Waals surface area contributed by atoms with E-state index in [9.17, 15) is 5.11 Å². The van der Waals surface area contributed by atoms with E-state index in [1.807, 2.05) is 6.92 Å². The van der Waals surface area contributed by atoms with Gasteiger partial charge in [0.05, 0.1) is 12.1 Å². The largest absolute Gasteiger partial charge is 0.504 e. The molecule has 1 aromatic carbocycles. The number of ether oxygens (including phenoxy) is 1. The fraction of sp³-hybridized carbons (Fsp3) is 0.538. The Hall–Kier alpha value is -0.930. The Morgan fingerprint density at radius 1 is 1.53 bits per heavy atom. The molecule has 4 heteroatoms. The first kappa shape index (κ1) is 12.5. The van der Waals surface area contributed by atoms with Crippen molar-refractivity contribution in [3.05, 3.63) is 22.2 Å². The molecule has 0 saturated heterocycles. The van der Waals surface area contributed by atoms with E-state index < -0.39 is 0 Å². The highest BCUT2D eigenvalue weighted by Crippen LogP contribution is 2.51. The molecule has 94 valence electrons. The molecule has 0 heterocycles. The zero-order valence-corrected chi connectivity index (χ0v) is 11.0. The van der Waals surface area contributed by atoms with Crippen LogP contribution in [0.3, 0.4) is 0 Å². The van der Waals surface area contributed by atoms with Crippen LogP contribution < -0.4 is 10.5 Å². The van der Waals surface area contributed by atoms with Crippen LogP contribution in [0, 0.1) is 6.92 Å². The third kappa shape index (κ3) is 1.78. The van der Waals surface area contributed by atoms with Gasteiger partial charge in [-0.15, -0.1) is 0 Å². The second-order valence-corrected chi connectivity index (χ2v) is 5.15. The zero-order valence-electron chi connectivity index (χ0n) is 10.2. The van der Waals surface area contributed by atoms with E-state index >= 15 is 0 Å². The Balaban J connectivity index is 2.61. The van der Waals surface area contributed by atoms with Gasteiger partial charge in [0.1, 0.15) is 0 Å². The summed E-state index contributed by atoms with van der Waals surface area (Å²) in [5, 5.41) is 10.3. The molecule has 1 aliphatic rings. The van der Waals surface area contributed by atoms with Gasteiger partial charge in [-0.25, -0.2) is 0 Å². The molecule has 0 aromatic heterocycles. The predicted molar refractivity (Wildman–Crippen MR) is 69.0 cm³/mol. The van der Waals surface area contributed by atoms with E-state index in [1.165, 1.54) is 13.5 Å². The summed E-state index contributed by atoms with van der Waals surface area (Å²) in [6.07, 6.45) is 3.28. The number of rotatable bonds is 3. The Kier molecular flexibility index (Phi) is 3.23. The second-order valence-electron chi connectivity index (χ2n) is 4.77. The van der Waals surface area contributed by atoms with E-state index in [4.69, 9.17) is 22.1 Å². The third-order valence-electron chi connectivity index (χ3n) is 3.83. The first-order valence-electron chi connectivity index (χ1n) is 5.82. The van der Waals surface area contributed by atoms with Crippen LogP contribution in [0.25, 0.3) is 0 Å². The van der Waals surface area contributed by atoms with Crippen LogP contribution >= 0.6 is 11.6 Å². The summed E-state index contributed by atoms with van der Waals surface area (Å²) in [5.74, 6) is 0.442. The van der Waals surface area contributed by atoms with Gasteiger partial charge >= 0.3 is 0 Å². The quantitative estimate of drug-likeness (QED) is 0.873. The molecule has 1 fully saturated rings. The highest BCUT2D eigenvalue weighted by atomic mass is 35.5. The number of methoxy groups -OCH3 is 1. The van der Waals surface area contributed by atoms with Crippen LogP contribution in [0.2, 0.25) is 5.02 Å². The molecule has 17 heavy (non-hydrogen) atoms. The maximum absolute atomic E-state index is 9.79. The topological polar surface area (TPSA) is 55.5 Å². The summed E-state index contributed by atoms with van der Waals surface area (Å²) in [6.45, 7) is 2.54. The number of phenolic OH excluding ortho intramolecular Hbond substituents is 1. The number of hydrogen-bond donors (Lipinski definition) is 2. The second kappa shape index (κ2) is 4.39. The summed E-state index contributed by atoms with van der Waals surface area (Å²) < 4.78 is 5.16. The summed E-state index contributed by atoms with van der Waals surface area (Å²) >= 11 is 6.35. The van der Waals surface area contributed by atoms with Gasteiger partial charge in [-0.2, -0.15) is 0 Å². The van der Waals surface area contributed by atoms with Crippen molar-refractivity contribution in [2.75, 3.05) is 13.7 Å². The van der Waals surface area contributed by atoms with Crippen molar-refractivity contribution in [3.63, 3.8) is 0 Å². The summed E-state index contributed by atoms with van der Waals surface area (Å²) in [6, 6.07) is 1.70. The number of aryl methyl sites for hydroxylation is 1. The van der Waals surface area contributed by atoms with Gasteiger partial charge in [0, 0.05) is 12.0 Å². The maximum Gasteiger partial charge on any atom is 0.179 e. The minimum atomic E-state index is -0.0256. The highest BCUT2D eigenvalue weighted by Gasteiger charge is 2.41. The van der Waals surface area contributed by atoms with Crippen LogP contribution in [0.1, 0.15) is 30.4 Å². The van der Waals surface area contributed by atoms with E-state index in [0.717, 1.165) is 24.0 Å². The van der Waals surface area contributed by atoms with Gasteiger partial charge in [0.15, 0.2) is 11.5 Å². The van der Waals surface area contributed by atoms with E-state index in [2.05, 4.69) is 0 Å². The van der Waals surface area contributed by atoms with E-state index in [1.54, 1.807) is 6.07 Å². The monoisotopic (exact) mass is 255 g/mol. The maximum atomic E-state index is 9.79. The molecule has 1 saturated carbocycles. The van der Waals surface area contributed by atoms with Crippen molar-refractivity contribution in [1.82, 2.24) is 0 Å². The molecule has 0 spiro atoms. The number of nitrogens with two attached hydrogens (primary N) is 1. The number of benzene rings is 1. The molecule has 0 atom stereocenters. The molecule has 0 aliphatic heterocycles. The average molecular weight is 256 g/mol. The molecule has 0 radical (unpaired) electrons. The van der Waals surface area contributed by atoms with E-state index in [0.29, 0.717) is 17.3 Å². The van der Waals surface area contributed by atoms with Crippen molar-refractivity contribution in [1.29, 1.82) is 0 Å². The fourth-order valence-electron chi connectivity index (χ4n) is 2.75. The molecule has 3 nitrogen and oxygen atoms in total. The molecule has 1 aromatic rings. The Bertz CT molecular complexity index is 436. The first-order chi connectivity index (χ1) is 8.05. The molecule has 0 amide bonds. The van der Waals surface area contributed by atoms with Crippen LogP contribution in [-0.2, 0) is 5.41 Å². The Morgan fingerprint density at radius 3 is 2.59 bits per heavy atom. The van der Waals surface area contributed by atoms with Crippen molar-refractivity contribution < 1.29 is 9.84 Å². The number of halogens is 1. The standard InChI is InChI=1S/C13H18ClNO2/c1-8-6-9(16)12(17-2)11(14)10(8)13(7-15)4-3-5-13/h6,16H,3-5,7,15H2,1-2H3. The molecule has 2 rings (SSSR count). The van der Waals surface area contributed by atoms with Gasteiger partial charge in [-0.1, -0.05) is 18.0 Å². The SMILES string of the molecule is COc1c(O)cc(C)c(C2(CN)CCC2)c1Cl. The first-order valence-corrected chi connectivity index (χ1v) is 6.20. The van der Waals surface area contributed by atoms with Crippen molar-refractivity contribution in [3.8, 4) is 11.5 Å². The molecule has 0 bridgehead atoms. The van der Waals surface area contributed by atoms with Gasteiger partial charge in [0.25, 0.3) is 0 Å². The molecule has 1 aliphatic carbocycles. The highest BCUT2D eigenvalue weighted by molar-refractivity contribution is 6.33. The fourth-order valence-corrected chi connectivity index (χ4v) is 3.27. The van der Waals surface area contributed by atoms with Crippen molar-refractivity contribution in [2.45, 2.75) is 31.6 Å². The number of hydrogen-bond acceptors (Lipinski definition) is 3. The summed E-state index contributed by atoms with van der Waals surface area (Å²) in [5.41, 5.74) is 7.91. The van der Waals surface area contributed by atoms with Crippen molar-refractivity contribution >= 4 is 11.6 Å². The smallest absolute Gasteiger partial charge is 0.179 e. The lowest BCUT2D eigenvalue weighted by Gasteiger charge is -2.43. The number of phenols is 1. The lowest BCUT2D eigenvalue weighted by molar-refractivity contribution is 0.250. The minimum Gasteiger partial charge on any atom is -0.504 e. The van der Waals surface area contributed by atoms with Crippen molar-refractivity contribution in [2.24, 2.45) is 5.73 Å². The molecular formula is C13H18ClNO2.